The Kier molecular flexibility index (Phi) is 25.8. The van der Waals surface area contributed by atoms with Crippen LogP contribution in [0.25, 0.3) is 0 Å². The van der Waals surface area contributed by atoms with E-state index < -0.39 is 7.82 Å². The summed E-state index contributed by atoms with van der Waals surface area (Å²) in [5, 5.41) is 0. The number of hydrogen-bond acceptors (Lipinski definition) is 3. The summed E-state index contributed by atoms with van der Waals surface area (Å²) in [6, 6.07) is 0. The fourth-order valence-electron chi connectivity index (χ4n) is 0. The Hall–Kier alpha value is 2.20. The first kappa shape index (κ1) is 22.5. The Balaban J connectivity index is -0.0000000267. The molecular formula is HFKMnO4P. The van der Waals surface area contributed by atoms with Gasteiger partial charge in [-0.3, -0.25) is 0 Å². The normalized spacial score (nSPS) is 7.38. The molecule has 0 rings (SSSR count). The minimum absolute atomic E-state index is 0. The zero-order valence-corrected chi connectivity index (χ0v) is 9.07. The molecule has 45 valence electrons. The smallest absolute Gasteiger partial charge is 1.00 e. The van der Waals surface area contributed by atoms with E-state index in [1.54, 1.807) is 0 Å². The van der Waals surface area contributed by atoms with Gasteiger partial charge >= 0.3 is 68.5 Å². The van der Waals surface area contributed by atoms with E-state index in [4.69, 9.17) is 19.2 Å². The molecule has 0 aromatic carbocycles. The molecule has 0 amide bonds. The molecule has 1 radical (unpaired) electrons. The van der Waals surface area contributed by atoms with Crippen LogP contribution in [0, 0.1) is 0 Å². The van der Waals surface area contributed by atoms with Crippen LogP contribution in [0.4, 0.5) is 0 Å². The Morgan fingerprint density at radius 1 is 1.38 bits per heavy atom. The largest absolute Gasteiger partial charge is 2.00 e. The van der Waals surface area contributed by atoms with Crippen LogP contribution in [0.1, 0.15) is 0 Å². The summed E-state index contributed by atoms with van der Waals surface area (Å²) in [6.45, 7) is 0. The Morgan fingerprint density at radius 3 is 1.38 bits per heavy atom. The number of halogens is 1. The van der Waals surface area contributed by atoms with Crippen LogP contribution in [0.15, 0.2) is 0 Å². The molecule has 0 bridgehead atoms. The second-order valence-corrected chi connectivity index (χ2v) is 1.41. The van der Waals surface area contributed by atoms with Crippen molar-refractivity contribution in [3.8, 4) is 0 Å². The van der Waals surface area contributed by atoms with Gasteiger partial charge in [-0.05, 0) is 0 Å². The molecule has 4 nitrogen and oxygen atoms in total. The van der Waals surface area contributed by atoms with Gasteiger partial charge in [0, 0.05) is 0 Å². The topological polar surface area (TPSA) is 83.4 Å². The van der Waals surface area contributed by atoms with Crippen molar-refractivity contribution in [3.05, 3.63) is 0 Å². The molecule has 1 N–H and O–H groups in total. The number of phosphoric acid groups is 1. The average molecular weight is 209 g/mol. The number of rotatable bonds is 0. The molecule has 0 fully saturated rings. The third-order valence-corrected chi connectivity index (χ3v) is 0. The maximum atomic E-state index is 8.66. The molecule has 0 saturated carbocycles. The fourth-order valence-corrected chi connectivity index (χ4v) is 0. The molecule has 0 spiro atoms. The summed E-state index contributed by atoms with van der Waals surface area (Å²) in [6.07, 6.45) is 0. The van der Waals surface area contributed by atoms with Crippen molar-refractivity contribution in [2.24, 2.45) is 0 Å². The number of hydrogen-bond donors (Lipinski definition) is 1. The van der Waals surface area contributed by atoms with E-state index >= 15 is 0 Å². The van der Waals surface area contributed by atoms with Crippen LogP contribution in [0.5, 0.6) is 0 Å². The van der Waals surface area contributed by atoms with Gasteiger partial charge in [0.05, 0.1) is 7.82 Å². The molecule has 0 aliphatic heterocycles. The molecule has 0 aliphatic carbocycles. The first-order valence-corrected chi connectivity index (χ1v) is 2.24. The molecule has 0 heterocycles. The van der Waals surface area contributed by atoms with Gasteiger partial charge in [-0.25, -0.2) is 0 Å². The van der Waals surface area contributed by atoms with E-state index in [0.717, 1.165) is 0 Å². The molecule has 8 heteroatoms. The monoisotopic (exact) mass is 209 g/mol. The van der Waals surface area contributed by atoms with Gasteiger partial charge in [0.25, 0.3) is 0 Å². The predicted octanol–water partition coefficient (Wildman–Crippen LogP) is -8.19. The van der Waals surface area contributed by atoms with Gasteiger partial charge in [-0.15, -0.1) is 0 Å². The van der Waals surface area contributed by atoms with E-state index in [-0.39, 0.29) is 73.2 Å². The van der Waals surface area contributed by atoms with E-state index in [0.29, 0.717) is 0 Å². The Labute approximate surface area is 98.6 Å². The van der Waals surface area contributed by atoms with Gasteiger partial charge in [0.15, 0.2) is 0 Å². The van der Waals surface area contributed by atoms with Crippen LogP contribution in [0.3, 0.4) is 0 Å². The summed E-state index contributed by atoms with van der Waals surface area (Å²) < 4.78 is 8.66. The maximum absolute atomic E-state index is 8.66. The van der Waals surface area contributed by atoms with Crippen molar-refractivity contribution >= 4 is 7.82 Å². The summed E-state index contributed by atoms with van der Waals surface area (Å²) in [5.74, 6) is 0. The summed E-state index contributed by atoms with van der Waals surface area (Å²) >= 11 is 0. The van der Waals surface area contributed by atoms with Crippen molar-refractivity contribution in [1.29, 1.82) is 0 Å². The molecule has 8 heavy (non-hydrogen) atoms. The fraction of sp³-hybridized carbons (Fsp3) is 0. The van der Waals surface area contributed by atoms with Crippen LogP contribution in [-0.2, 0) is 21.6 Å². The molecule has 0 aromatic heterocycles. The third kappa shape index (κ3) is 88.0. The van der Waals surface area contributed by atoms with Crippen molar-refractivity contribution < 1.29 is 92.4 Å². The van der Waals surface area contributed by atoms with E-state index in [2.05, 4.69) is 0 Å². The summed E-state index contributed by atoms with van der Waals surface area (Å²) in [5.41, 5.74) is 0. The van der Waals surface area contributed by atoms with Crippen molar-refractivity contribution in [2.75, 3.05) is 0 Å². The molecule has 0 unspecified atom stereocenters. The van der Waals surface area contributed by atoms with Crippen LogP contribution >= 0.6 is 7.82 Å². The molecular weight excluding hydrogens is 208 g/mol. The zero-order chi connectivity index (χ0) is 4.50. The average Bonchev–Trinajstić information content (AvgIpc) is 0.722. The van der Waals surface area contributed by atoms with Crippen molar-refractivity contribution in [1.82, 2.24) is 0 Å². The Bertz CT molecular complexity index is 62.2. The quantitative estimate of drug-likeness (QED) is 0.317. The van der Waals surface area contributed by atoms with Crippen LogP contribution < -0.4 is 65.9 Å². The van der Waals surface area contributed by atoms with E-state index in [1.807, 2.05) is 0 Å². The van der Waals surface area contributed by atoms with Gasteiger partial charge in [-0.1, -0.05) is 0 Å². The van der Waals surface area contributed by atoms with Gasteiger partial charge in [-0.2, -0.15) is 0 Å². The maximum Gasteiger partial charge on any atom is 2.00 e. The first-order valence-electron chi connectivity index (χ1n) is 0.748. The predicted molar refractivity (Wildman–Crippen MR) is 9.83 cm³/mol. The summed E-state index contributed by atoms with van der Waals surface area (Å²) in [7, 11) is -5.14. The molecule has 0 atom stereocenters. The molecule has 0 aliphatic rings. The summed E-state index contributed by atoms with van der Waals surface area (Å²) in [4.78, 5) is 24.3. The second kappa shape index (κ2) is 9.20. The zero-order valence-electron chi connectivity index (χ0n) is 3.88. The van der Waals surface area contributed by atoms with Gasteiger partial charge < -0.3 is 23.9 Å². The standard InChI is InChI=1S/FH.K.Mn.H3O4P/c;;;1-5(2,3)4/h1H;;;(H3,1,2,3,4)/q;+1;+2;/p-3. The minimum Gasteiger partial charge on any atom is -1.00 e. The van der Waals surface area contributed by atoms with Gasteiger partial charge in [0.1, 0.15) is 0 Å². The Morgan fingerprint density at radius 2 is 1.38 bits per heavy atom. The van der Waals surface area contributed by atoms with E-state index in [1.165, 1.54) is 0 Å². The van der Waals surface area contributed by atoms with Crippen LogP contribution in [-0.4, -0.2) is 4.89 Å². The van der Waals surface area contributed by atoms with Crippen LogP contribution in [0.2, 0.25) is 0 Å². The SMILES string of the molecule is O=P([O-])([O-])O.[F-].[K+].[Mn+2]. The van der Waals surface area contributed by atoms with Crippen molar-refractivity contribution in [2.45, 2.75) is 0 Å². The molecule has 0 aromatic rings. The third-order valence-electron chi connectivity index (χ3n) is 0. The van der Waals surface area contributed by atoms with Crippen molar-refractivity contribution in [3.63, 3.8) is 0 Å². The molecule has 0 saturated heterocycles. The minimum atomic E-state index is -5.14. The van der Waals surface area contributed by atoms with E-state index in [9.17, 15) is 0 Å². The van der Waals surface area contributed by atoms with Gasteiger partial charge in [0.2, 0.25) is 0 Å². The first-order chi connectivity index (χ1) is 2.00. The second-order valence-electron chi connectivity index (χ2n) is 0.469.